The molecule has 3 rings (SSSR count). The smallest absolute Gasteiger partial charge is 0.375 e. The molecule has 0 aromatic heterocycles. The Morgan fingerprint density at radius 2 is 0.931 bits per heavy atom. The Kier molecular flexibility index (Phi) is 7.39. The van der Waals surface area contributed by atoms with E-state index in [1.54, 1.807) is 21.3 Å². The van der Waals surface area contributed by atoms with Crippen molar-refractivity contribution in [3.05, 3.63) is 91.0 Å². The van der Waals surface area contributed by atoms with Gasteiger partial charge in [-0.2, -0.15) is 0 Å². The molecule has 3 aromatic rings. The van der Waals surface area contributed by atoms with E-state index in [1.165, 1.54) is 15.9 Å². The van der Waals surface area contributed by atoms with Crippen LogP contribution in [0, 0.1) is 0 Å². The van der Waals surface area contributed by atoms with Gasteiger partial charge in [0.15, 0.2) is 5.28 Å². The highest BCUT2D eigenvalue weighted by Gasteiger charge is 2.65. The maximum Gasteiger partial charge on any atom is 0.544 e. The van der Waals surface area contributed by atoms with Crippen LogP contribution in [0.1, 0.15) is 13.3 Å². The molecular formula is C24H30O3PSi+. The molecule has 1 atom stereocenters. The van der Waals surface area contributed by atoms with E-state index in [4.69, 9.17) is 13.3 Å². The lowest BCUT2D eigenvalue weighted by atomic mass is 10.4. The van der Waals surface area contributed by atoms with Crippen molar-refractivity contribution in [2.24, 2.45) is 0 Å². The van der Waals surface area contributed by atoms with Crippen molar-refractivity contribution in [2.75, 3.05) is 21.3 Å². The average Bonchev–Trinajstić information content (AvgIpc) is 2.81. The molecule has 3 nitrogen and oxygen atoms in total. The van der Waals surface area contributed by atoms with Crippen molar-refractivity contribution < 1.29 is 13.3 Å². The highest BCUT2D eigenvalue weighted by atomic mass is 31.2. The van der Waals surface area contributed by atoms with E-state index in [9.17, 15) is 0 Å². The van der Waals surface area contributed by atoms with E-state index < -0.39 is 16.1 Å². The van der Waals surface area contributed by atoms with Crippen LogP contribution in [0.2, 0.25) is 0 Å². The van der Waals surface area contributed by atoms with Crippen molar-refractivity contribution in [3.63, 3.8) is 0 Å². The Hall–Kier alpha value is -1.81. The van der Waals surface area contributed by atoms with Crippen LogP contribution >= 0.6 is 7.26 Å². The van der Waals surface area contributed by atoms with Gasteiger partial charge >= 0.3 is 8.80 Å². The molecule has 0 radical (unpaired) electrons. The number of benzene rings is 3. The average molecular weight is 426 g/mol. The highest BCUT2D eigenvalue weighted by molar-refractivity contribution is 7.97. The van der Waals surface area contributed by atoms with Crippen LogP contribution < -0.4 is 15.9 Å². The molecule has 0 aliphatic heterocycles. The van der Waals surface area contributed by atoms with Gasteiger partial charge in [-0.1, -0.05) is 61.5 Å². The molecule has 5 heteroatoms. The Bertz CT molecular complexity index is 765. The molecule has 0 heterocycles. The van der Waals surface area contributed by atoms with E-state index in [1.807, 2.05) is 0 Å². The molecule has 152 valence electrons. The summed E-state index contributed by atoms with van der Waals surface area (Å²) in [6, 6.07) is 32.4. The summed E-state index contributed by atoms with van der Waals surface area (Å²) in [6.07, 6.45) is 0.883. The minimum atomic E-state index is -2.98. The van der Waals surface area contributed by atoms with Gasteiger partial charge in [-0.15, -0.1) is 0 Å². The molecule has 0 amide bonds. The van der Waals surface area contributed by atoms with Crippen molar-refractivity contribution in [1.29, 1.82) is 0 Å². The van der Waals surface area contributed by atoms with Crippen LogP contribution in [0.5, 0.6) is 0 Å². The second-order valence-corrected chi connectivity index (χ2v) is 14.1. The third-order valence-electron chi connectivity index (χ3n) is 5.61. The van der Waals surface area contributed by atoms with Crippen LogP contribution in [0.3, 0.4) is 0 Å². The first-order valence-electron chi connectivity index (χ1n) is 9.90. The molecule has 0 saturated carbocycles. The van der Waals surface area contributed by atoms with Crippen molar-refractivity contribution in [1.82, 2.24) is 0 Å². The summed E-state index contributed by atoms with van der Waals surface area (Å²) in [5.41, 5.74) is 0. The molecule has 0 spiro atoms. The SMILES string of the molecule is CCC([Si](OC)(OC)OC)[P+](c1ccccc1)(c1ccccc1)c1ccccc1. The lowest BCUT2D eigenvalue weighted by molar-refractivity contribution is 0.120. The Balaban J connectivity index is 2.45. The maximum atomic E-state index is 6.08. The van der Waals surface area contributed by atoms with Crippen LogP contribution in [0.25, 0.3) is 0 Å². The topological polar surface area (TPSA) is 27.7 Å². The molecule has 0 N–H and O–H groups in total. The van der Waals surface area contributed by atoms with Crippen LogP contribution in [0.4, 0.5) is 0 Å². The highest BCUT2D eigenvalue weighted by Crippen LogP contribution is 2.63. The van der Waals surface area contributed by atoms with Gasteiger partial charge in [-0.3, -0.25) is 0 Å². The molecule has 0 fully saturated rings. The predicted octanol–water partition coefficient (Wildman–Crippen LogP) is 4.18. The summed E-state index contributed by atoms with van der Waals surface area (Å²) in [5, 5.41) is 4.02. The lowest BCUT2D eigenvalue weighted by Gasteiger charge is -2.40. The fourth-order valence-corrected chi connectivity index (χ4v) is 14.8. The Morgan fingerprint density at radius 1 is 0.621 bits per heavy atom. The van der Waals surface area contributed by atoms with E-state index in [0.29, 0.717) is 0 Å². The van der Waals surface area contributed by atoms with Crippen molar-refractivity contribution >= 4 is 32.0 Å². The van der Waals surface area contributed by atoms with Crippen LogP contribution in [-0.2, 0) is 13.3 Å². The van der Waals surface area contributed by atoms with Gasteiger partial charge in [-0.05, 0) is 42.8 Å². The van der Waals surface area contributed by atoms with Gasteiger partial charge in [0.25, 0.3) is 0 Å². The zero-order chi connectivity index (χ0) is 20.7. The standard InChI is InChI=1S/C24H30O3PSi/c1-5-24(29(25-2,26-3)27-4)28(21-15-9-6-10-16-21,22-17-11-7-12-18-22)23-19-13-8-14-20-23/h6-20,24H,5H2,1-4H3/q+1. The minimum absolute atomic E-state index is 0.0854. The molecule has 3 aromatic carbocycles. The maximum absolute atomic E-state index is 6.08. The first-order valence-corrected chi connectivity index (χ1v) is 13.6. The molecule has 0 bridgehead atoms. The minimum Gasteiger partial charge on any atom is -0.375 e. The van der Waals surface area contributed by atoms with Gasteiger partial charge in [-0.25, -0.2) is 0 Å². The quantitative estimate of drug-likeness (QED) is 0.380. The van der Waals surface area contributed by atoms with Gasteiger partial charge in [0, 0.05) is 21.3 Å². The van der Waals surface area contributed by atoms with Crippen LogP contribution in [0.15, 0.2) is 91.0 Å². The zero-order valence-corrected chi connectivity index (χ0v) is 19.5. The number of rotatable bonds is 9. The number of hydrogen-bond donors (Lipinski definition) is 0. The number of hydrogen-bond acceptors (Lipinski definition) is 3. The van der Waals surface area contributed by atoms with E-state index in [-0.39, 0.29) is 5.28 Å². The van der Waals surface area contributed by atoms with Crippen molar-refractivity contribution in [3.8, 4) is 0 Å². The lowest BCUT2D eigenvalue weighted by Crippen LogP contribution is -2.59. The first kappa shape index (κ1) is 21.9. The van der Waals surface area contributed by atoms with E-state index in [2.05, 4.69) is 97.9 Å². The first-order chi connectivity index (χ1) is 14.2. The third kappa shape index (κ3) is 3.84. The molecular weight excluding hydrogens is 395 g/mol. The largest absolute Gasteiger partial charge is 0.544 e. The fourth-order valence-electron chi connectivity index (χ4n) is 4.40. The summed E-state index contributed by atoms with van der Waals surface area (Å²) >= 11 is 0. The second kappa shape index (κ2) is 9.79. The van der Waals surface area contributed by atoms with Gasteiger partial charge in [0.2, 0.25) is 0 Å². The van der Waals surface area contributed by atoms with Gasteiger partial charge < -0.3 is 13.3 Å². The molecule has 1 unspecified atom stereocenters. The molecule has 0 aliphatic rings. The monoisotopic (exact) mass is 425 g/mol. The summed E-state index contributed by atoms with van der Waals surface area (Å²) in [4.78, 5) is 0. The van der Waals surface area contributed by atoms with Crippen LogP contribution in [-0.4, -0.2) is 35.4 Å². The summed E-state index contributed by atoms with van der Waals surface area (Å²) < 4.78 is 18.2. The molecule has 0 aliphatic carbocycles. The summed E-state index contributed by atoms with van der Waals surface area (Å²) in [7, 11) is 0.0303. The fraction of sp³-hybridized carbons (Fsp3) is 0.250. The zero-order valence-electron chi connectivity index (χ0n) is 17.6. The van der Waals surface area contributed by atoms with E-state index >= 15 is 0 Å². The van der Waals surface area contributed by atoms with Crippen molar-refractivity contribution in [2.45, 2.75) is 18.6 Å². The Morgan fingerprint density at radius 3 is 1.17 bits per heavy atom. The normalized spacial score (nSPS) is 13.2. The van der Waals surface area contributed by atoms with Gasteiger partial charge in [0.1, 0.15) is 23.2 Å². The predicted molar refractivity (Wildman–Crippen MR) is 126 cm³/mol. The third-order valence-corrected chi connectivity index (χ3v) is 15.3. The second-order valence-electron chi connectivity index (χ2n) is 6.87. The van der Waals surface area contributed by atoms with Gasteiger partial charge in [0.05, 0.1) is 0 Å². The summed E-state index contributed by atoms with van der Waals surface area (Å²) in [5.74, 6) is 0. The molecule has 29 heavy (non-hydrogen) atoms. The van der Waals surface area contributed by atoms with E-state index in [0.717, 1.165) is 6.42 Å². The Labute approximate surface area is 176 Å². The molecule has 0 saturated heterocycles. The summed E-state index contributed by atoms with van der Waals surface area (Å²) in [6.45, 7) is 2.22.